The summed E-state index contributed by atoms with van der Waals surface area (Å²) in [7, 11) is 0. The summed E-state index contributed by atoms with van der Waals surface area (Å²) in [5, 5.41) is 9.63. The molecule has 5 atom stereocenters. The van der Waals surface area contributed by atoms with Gasteiger partial charge in [0, 0.05) is 19.1 Å². The van der Waals surface area contributed by atoms with Crippen molar-refractivity contribution in [1.29, 1.82) is 0 Å². The summed E-state index contributed by atoms with van der Waals surface area (Å²) in [6.07, 6.45) is 9.99. The molecule has 4 heterocycles. The van der Waals surface area contributed by atoms with Crippen molar-refractivity contribution >= 4 is 17.8 Å². The van der Waals surface area contributed by atoms with E-state index in [9.17, 15) is 19.5 Å². The second-order valence-corrected chi connectivity index (χ2v) is 9.30. The van der Waals surface area contributed by atoms with Gasteiger partial charge in [-0.3, -0.25) is 14.4 Å². The maximum Gasteiger partial charge on any atom is 0.313 e. The first kappa shape index (κ1) is 22.0. The largest absolute Gasteiger partial charge is 0.465 e. The van der Waals surface area contributed by atoms with Gasteiger partial charge in [-0.15, -0.1) is 0 Å². The maximum absolute atomic E-state index is 13.7. The molecule has 2 saturated heterocycles. The van der Waals surface area contributed by atoms with E-state index in [1.165, 1.54) is 4.90 Å². The van der Waals surface area contributed by atoms with Gasteiger partial charge in [0.15, 0.2) is 0 Å². The number of nitrogens with zero attached hydrogens (tertiary/aromatic N) is 2. The first-order valence-electron chi connectivity index (χ1n) is 11.2. The van der Waals surface area contributed by atoms with Crippen LogP contribution in [-0.2, 0) is 23.9 Å². The quantitative estimate of drug-likeness (QED) is 0.529. The molecule has 0 aromatic rings. The zero-order valence-electron chi connectivity index (χ0n) is 18.5. The van der Waals surface area contributed by atoms with Gasteiger partial charge in [-0.05, 0) is 40.0 Å². The van der Waals surface area contributed by atoms with E-state index < -0.39 is 35.0 Å². The minimum Gasteiger partial charge on any atom is -0.465 e. The molecule has 1 N–H and O–H groups in total. The van der Waals surface area contributed by atoms with Crippen LogP contribution in [0.25, 0.3) is 0 Å². The van der Waals surface area contributed by atoms with Crippen molar-refractivity contribution in [3.05, 3.63) is 24.3 Å². The van der Waals surface area contributed by atoms with Crippen molar-refractivity contribution in [2.45, 2.75) is 63.3 Å². The highest BCUT2D eigenvalue weighted by atomic mass is 16.6. The fraction of sp³-hybridized carbons (Fsp3) is 0.696. The average Bonchev–Trinajstić information content (AvgIpc) is 3.02. The summed E-state index contributed by atoms with van der Waals surface area (Å²) >= 11 is 0. The monoisotopic (exact) mass is 432 g/mol. The zero-order chi connectivity index (χ0) is 22.4. The molecule has 2 fully saturated rings. The molecule has 0 aromatic heterocycles. The predicted molar refractivity (Wildman–Crippen MR) is 112 cm³/mol. The van der Waals surface area contributed by atoms with Crippen LogP contribution in [0.15, 0.2) is 24.3 Å². The topological polar surface area (TPSA) is 96.4 Å². The number of esters is 1. The Bertz CT molecular complexity index is 823. The van der Waals surface area contributed by atoms with Crippen LogP contribution in [0, 0.1) is 11.8 Å². The van der Waals surface area contributed by atoms with Crippen molar-refractivity contribution in [3.8, 4) is 0 Å². The molecule has 4 aliphatic rings. The zero-order valence-corrected chi connectivity index (χ0v) is 18.5. The van der Waals surface area contributed by atoms with Crippen LogP contribution < -0.4 is 0 Å². The number of likely N-dealkylation sites (tertiary alicyclic amines) is 1. The van der Waals surface area contributed by atoms with Crippen molar-refractivity contribution < 1.29 is 29.0 Å². The number of ether oxygens (including phenoxy) is 2. The summed E-state index contributed by atoms with van der Waals surface area (Å²) in [5.41, 5.74) is -2.36. The lowest BCUT2D eigenvalue weighted by Crippen LogP contribution is -2.57. The number of rotatable bonds is 3. The maximum atomic E-state index is 13.7. The smallest absolute Gasteiger partial charge is 0.313 e. The van der Waals surface area contributed by atoms with Gasteiger partial charge in [0.05, 0.1) is 24.7 Å². The lowest BCUT2D eigenvalue weighted by Gasteiger charge is -2.38. The van der Waals surface area contributed by atoms with Crippen LogP contribution in [0.5, 0.6) is 0 Å². The second-order valence-electron chi connectivity index (χ2n) is 9.30. The van der Waals surface area contributed by atoms with Gasteiger partial charge in [0.1, 0.15) is 17.6 Å². The van der Waals surface area contributed by atoms with Gasteiger partial charge >= 0.3 is 5.97 Å². The normalized spacial score (nSPS) is 39.1. The number of hydrogen-bond acceptors (Lipinski definition) is 6. The number of allylic oxidation sites excluding steroid dienone is 1. The summed E-state index contributed by atoms with van der Waals surface area (Å²) < 4.78 is 12.2. The summed E-state index contributed by atoms with van der Waals surface area (Å²) in [4.78, 5) is 43.6. The Morgan fingerprint density at radius 2 is 1.90 bits per heavy atom. The van der Waals surface area contributed by atoms with E-state index in [0.29, 0.717) is 13.2 Å². The van der Waals surface area contributed by atoms with Gasteiger partial charge < -0.3 is 24.4 Å². The van der Waals surface area contributed by atoms with Gasteiger partial charge in [-0.25, -0.2) is 0 Å². The van der Waals surface area contributed by atoms with Gasteiger partial charge in [-0.2, -0.15) is 0 Å². The van der Waals surface area contributed by atoms with E-state index in [1.54, 1.807) is 17.9 Å². The van der Waals surface area contributed by atoms with E-state index in [0.717, 1.165) is 19.3 Å². The SMILES string of the molecule is CC(C)N1CC=C[C@]23O[C@]4(C)/C=C\CCCCOC(=O)[C@@H]4[C@H]2C(=O)N(CCO)C3C1=O. The highest BCUT2D eigenvalue weighted by Gasteiger charge is 2.74. The summed E-state index contributed by atoms with van der Waals surface area (Å²) in [6.45, 7) is 6.06. The Morgan fingerprint density at radius 3 is 2.61 bits per heavy atom. The molecule has 2 amide bonds. The molecule has 4 aliphatic heterocycles. The number of carbonyl (C=O) groups excluding carboxylic acids is 3. The Kier molecular flexibility index (Phi) is 5.72. The number of hydrogen-bond donors (Lipinski definition) is 1. The Balaban J connectivity index is 1.87. The minimum absolute atomic E-state index is 0.00491. The molecular weight excluding hydrogens is 400 g/mol. The Labute approximate surface area is 182 Å². The number of aliphatic hydroxyl groups is 1. The molecule has 1 unspecified atom stereocenters. The molecule has 8 nitrogen and oxygen atoms in total. The standard InChI is InChI=1S/C23H32N2O6/c1-15(2)24-11-8-10-23-16(19(27)25(12-13-26)18(23)20(24)28)17-21(29)30-14-7-5-4-6-9-22(17,3)31-23/h6,8-10,15-18,26H,4-5,7,11-14H2,1-3H3/b9-6-/t16-,17-,18?,22+,23-/m0/s1. The van der Waals surface area contributed by atoms with E-state index in [2.05, 4.69) is 0 Å². The van der Waals surface area contributed by atoms with E-state index in [4.69, 9.17) is 9.47 Å². The van der Waals surface area contributed by atoms with E-state index in [-0.39, 0.29) is 31.0 Å². The lowest BCUT2D eigenvalue weighted by molar-refractivity contribution is -0.160. The summed E-state index contributed by atoms with van der Waals surface area (Å²) in [5.74, 6) is -2.81. The average molecular weight is 433 g/mol. The lowest BCUT2D eigenvalue weighted by atomic mass is 9.74. The molecular formula is C23H32N2O6. The molecule has 1 spiro atoms. The van der Waals surface area contributed by atoms with Crippen molar-refractivity contribution in [2.24, 2.45) is 11.8 Å². The van der Waals surface area contributed by atoms with E-state index >= 15 is 0 Å². The first-order valence-corrected chi connectivity index (χ1v) is 11.2. The molecule has 0 aliphatic carbocycles. The fourth-order valence-electron chi connectivity index (χ4n) is 5.63. The van der Waals surface area contributed by atoms with Crippen LogP contribution in [0.4, 0.5) is 0 Å². The van der Waals surface area contributed by atoms with Crippen molar-refractivity contribution in [2.75, 3.05) is 26.3 Å². The van der Waals surface area contributed by atoms with Crippen LogP contribution in [-0.4, -0.2) is 82.3 Å². The molecule has 170 valence electrons. The highest BCUT2D eigenvalue weighted by Crippen LogP contribution is 2.57. The third-order valence-corrected chi connectivity index (χ3v) is 7.00. The molecule has 0 saturated carbocycles. The molecule has 31 heavy (non-hydrogen) atoms. The fourth-order valence-corrected chi connectivity index (χ4v) is 5.63. The van der Waals surface area contributed by atoms with Gasteiger partial charge in [0.2, 0.25) is 11.8 Å². The van der Waals surface area contributed by atoms with Gasteiger partial charge in [0.25, 0.3) is 0 Å². The molecule has 8 heteroatoms. The third kappa shape index (κ3) is 3.31. The van der Waals surface area contributed by atoms with Crippen LogP contribution >= 0.6 is 0 Å². The molecule has 0 bridgehead atoms. The Hall–Kier alpha value is -2.19. The van der Waals surface area contributed by atoms with Crippen molar-refractivity contribution in [3.63, 3.8) is 0 Å². The number of fused-ring (bicyclic) bond motifs is 2. The Morgan fingerprint density at radius 1 is 1.13 bits per heavy atom. The van der Waals surface area contributed by atoms with E-state index in [1.807, 2.05) is 32.1 Å². The van der Waals surface area contributed by atoms with Crippen LogP contribution in [0.3, 0.4) is 0 Å². The number of aliphatic hydroxyl groups excluding tert-OH is 1. The summed E-state index contributed by atoms with van der Waals surface area (Å²) in [6, 6.07) is -1.01. The van der Waals surface area contributed by atoms with Crippen LogP contribution in [0.1, 0.15) is 40.0 Å². The number of β-amino-alcohol motifs (C(OH)–C–C–N with tert-alkyl or cyclic N) is 1. The highest BCUT2D eigenvalue weighted by molar-refractivity contribution is 5.99. The number of cyclic esters (lactones) is 1. The van der Waals surface area contributed by atoms with Gasteiger partial charge in [-0.1, -0.05) is 24.3 Å². The second kappa shape index (κ2) is 8.06. The van der Waals surface area contributed by atoms with Crippen LogP contribution in [0.2, 0.25) is 0 Å². The minimum atomic E-state index is -1.29. The first-order chi connectivity index (χ1) is 14.8. The molecule has 4 rings (SSSR count). The predicted octanol–water partition coefficient (Wildman–Crippen LogP) is 1.04. The number of carbonyl (C=O) groups is 3. The third-order valence-electron chi connectivity index (χ3n) is 7.00. The molecule has 0 aromatic carbocycles. The molecule has 0 radical (unpaired) electrons. The van der Waals surface area contributed by atoms with Crippen molar-refractivity contribution in [1.82, 2.24) is 9.80 Å². The number of amides is 2.